The van der Waals surface area contributed by atoms with E-state index < -0.39 is 30.1 Å². The summed E-state index contributed by atoms with van der Waals surface area (Å²) < 4.78 is 22.1. The number of aldehydes is 1. The Balaban J connectivity index is 3.75. The Kier molecular flexibility index (Phi) is 3.51. The molecule has 0 fully saturated rings. The number of rotatable bonds is 3. The van der Waals surface area contributed by atoms with E-state index in [1.54, 1.807) is 0 Å². The summed E-state index contributed by atoms with van der Waals surface area (Å²) in [6.45, 7) is 0. The van der Waals surface area contributed by atoms with Gasteiger partial charge in [-0.25, -0.2) is 8.42 Å². The van der Waals surface area contributed by atoms with Crippen LogP contribution in [-0.2, 0) is 9.05 Å². The van der Waals surface area contributed by atoms with Gasteiger partial charge >= 0.3 is 0 Å². The predicted octanol–water partition coefficient (Wildman–Crippen LogP) is 1.99. The summed E-state index contributed by atoms with van der Waals surface area (Å²) >= 11 is 5.49. The Bertz CT molecular complexity index is 568. The van der Waals surface area contributed by atoms with E-state index in [4.69, 9.17) is 22.3 Å². The van der Waals surface area contributed by atoms with Crippen molar-refractivity contribution in [3.63, 3.8) is 0 Å². The van der Waals surface area contributed by atoms with Crippen LogP contribution in [0.25, 0.3) is 0 Å². The van der Waals surface area contributed by atoms with Crippen molar-refractivity contribution in [3.05, 3.63) is 32.8 Å². The van der Waals surface area contributed by atoms with Crippen LogP contribution in [0.4, 0.5) is 5.69 Å². The number of halogens is 2. The van der Waals surface area contributed by atoms with Crippen LogP contribution in [0.1, 0.15) is 10.4 Å². The fourth-order valence-electron chi connectivity index (χ4n) is 1.05. The number of carbonyl (C=O) groups excluding carboxylic acids is 1. The molecule has 0 aromatic heterocycles. The number of nitrogens with zero attached hydrogens (tertiary/aromatic N) is 1. The lowest BCUT2D eigenvalue weighted by Gasteiger charge is -2.02. The number of nitro groups is 1. The predicted molar refractivity (Wildman–Crippen MR) is 56.5 cm³/mol. The summed E-state index contributed by atoms with van der Waals surface area (Å²) in [6.07, 6.45) is 0.0454. The van der Waals surface area contributed by atoms with E-state index in [-0.39, 0.29) is 11.3 Å². The van der Waals surface area contributed by atoms with Crippen LogP contribution in [-0.4, -0.2) is 19.6 Å². The summed E-state index contributed by atoms with van der Waals surface area (Å²) in [5, 5.41) is 10.4. The fraction of sp³-hybridized carbons (Fsp3) is 0. The summed E-state index contributed by atoms with van der Waals surface area (Å²) in [5.74, 6) is 0. The number of hydrogen-bond donors (Lipinski definition) is 0. The Morgan fingerprint density at radius 1 is 1.38 bits per heavy atom. The smallest absolute Gasteiger partial charge is 0.282 e. The van der Waals surface area contributed by atoms with Crippen molar-refractivity contribution in [2.24, 2.45) is 0 Å². The molecule has 1 aromatic carbocycles. The fourth-order valence-corrected chi connectivity index (χ4v) is 2.39. The number of nitro benzene ring substituents is 1. The molecule has 0 spiro atoms. The van der Waals surface area contributed by atoms with Gasteiger partial charge in [-0.2, -0.15) is 0 Å². The summed E-state index contributed by atoms with van der Waals surface area (Å²) in [6, 6.07) is 1.75. The molecule has 16 heavy (non-hydrogen) atoms. The molecule has 9 heteroatoms. The molecule has 1 aromatic rings. The molecule has 1 rings (SSSR count). The average Bonchev–Trinajstić information content (AvgIpc) is 2.14. The van der Waals surface area contributed by atoms with E-state index in [2.05, 4.69) is 0 Å². The minimum Gasteiger partial charge on any atom is -0.298 e. The maximum atomic E-state index is 11.1. The zero-order valence-corrected chi connectivity index (χ0v) is 9.71. The van der Waals surface area contributed by atoms with Crippen LogP contribution in [0.5, 0.6) is 0 Å². The lowest BCUT2D eigenvalue weighted by Crippen LogP contribution is -2.02. The SMILES string of the molecule is O=Cc1c([N+](=O)[O-])cc(Cl)cc1S(=O)(=O)Cl. The van der Waals surface area contributed by atoms with Crippen molar-refractivity contribution in [1.82, 2.24) is 0 Å². The van der Waals surface area contributed by atoms with Gasteiger partial charge in [-0.05, 0) is 6.07 Å². The first-order chi connectivity index (χ1) is 7.27. The van der Waals surface area contributed by atoms with Crippen LogP contribution in [0, 0.1) is 10.1 Å². The normalized spacial score (nSPS) is 11.1. The summed E-state index contributed by atoms with van der Waals surface area (Å²) in [4.78, 5) is 19.6. The molecule has 0 aliphatic carbocycles. The molecule has 0 unspecified atom stereocenters. The first kappa shape index (κ1) is 12.9. The van der Waals surface area contributed by atoms with Gasteiger partial charge in [0.2, 0.25) is 0 Å². The van der Waals surface area contributed by atoms with Crippen molar-refractivity contribution in [1.29, 1.82) is 0 Å². The van der Waals surface area contributed by atoms with Gasteiger partial charge in [0.1, 0.15) is 10.5 Å². The van der Waals surface area contributed by atoms with E-state index in [0.29, 0.717) is 0 Å². The second-order valence-corrected chi connectivity index (χ2v) is 5.62. The largest absolute Gasteiger partial charge is 0.298 e. The molecule has 86 valence electrons. The van der Waals surface area contributed by atoms with Gasteiger partial charge in [0.15, 0.2) is 6.29 Å². The highest BCUT2D eigenvalue weighted by molar-refractivity contribution is 8.13. The summed E-state index contributed by atoms with van der Waals surface area (Å²) in [5.41, 5.74) is -1.33. The third-order valence-electron chi connectivity index (χ3n) is 1.66. The molecule has 0 bridgehead atoms. The zero-order valence-electron chi connectivity index (χ0n) is 7.38. The molecule has 0 amide bonds. The molecule has 6 nitrogen and oxygen atoms in total. The van der Waals surface area contributed by atoms with E-state index in [1.165, 1.54) is 0 Å². The molecule has 0 aliphatic heterocycles. The van der Waals surface area contributed by atoms with Gasteiger partial charge in [-0.15, -0.1) is 0 Å². The Hall–Kier alpha value is -1.18. The highest BCUT2D eigenvalue weighted by atomic mass is 35.7. The van der Waals surface area contributed by atoms with Gasteiger partial charge in [0.25, 0.3) is 14.7 Å². The zero-order chi connectivity index (χ0) is 12.5. The molecule has 0 radical (unpaired) electrons. The van der Waals surface area contributed by atoms with Crippen LogP contribution in [0.3, 0.4) is 0 Å². The topological polar surface area (TPSA) is 94.3 Å². The molecule has 0 heterocycles. The highest BCUT2D eigenvalue weighted by Gasteiger charge is 2.25. The first-order valence-corrected chi connectivity index (χ1v) is 6.34. The van der Waals surface area contributed by atoms with Crippen LogP contribution >= 0.6 is 22.3 Å². The van der Waals surface area contributed by atoms with E-state index >= 15 is 0 Å². The average molecular weight is 284 g/mol. The monoisotopic (exact) mass is 283 g/mol. The van der Waals surface area contributed by atoms with Crippen molar-refractivity contribution in [2.75, 3.05) is 0 Å². The lowest BCUT2D eigenvalue weighted by molar-refractivity contribution is -0.385. The second kappa shape index (κ2) is 4.36. The lowest BCUT2D eigenvalue weighted by atomic mass is 10.2. The standard InChI is InChI=1S/C7H3Cl2NO5S/c8-4-1-6(10(12)13)5(3-11)7(2-4)16(9,14)15/h1-3H. The van der Waals surface area contributed by atoms with Crippen molar-refractivity contribution >= 4 is 43.3 Å². The molecule has 0 N–H and O–H groups in total. The maximum absolute atomic E-state index is 11.1. The second-order valence-electron chi connectivity index (χ2n) is 2.65. The van der Waals surface area contributed by atoms with Crippen molar-refractivity contribution < 1.29 is 18.1 Å². The van der Waals surface area contributed by atoms with Crippen LogP contribution in [0.2, 0.25) is 5.02 Å². The van der Waals surface area contributed by atoms with E-state index in [9.17, 15) is 23.3 Å². The highest BCUT2D eigenvalue weighted by Crippen LogP contribution is 2.30. The Labute approximate surface area is 99.3 Å². The maximum Gasteiger partial charge on any atom is 0.282 e. The minimum absolute atomic E-state index is 0.0454. The van der Waals surface area contributed by atoms with Gasteiger partial charge < -0.3 is 0 Å². The van der Waals surface area contributed by atoms with Gasteiger partial charge in [0.05, 0.1) is 4.92 Å². The molecule has 0 aliphatic rings. The number of benzene rings is 1. The minimum atomic E-state index is -4.27. The molecule has 0 saturated carbocycles. The number of hydrogen-bond acceptors (Lipinski definition) is 5. The Morgan fingerprint density at radius 2 is 1.94 bits per heavy atom. The molecular formula is C7H3Cl2NO5S. The molecular weight excluding hydrogens is 281 g/mol. The van der Waals surface area contributed by atoms with Gasteiger partial charge in [-0.3, -0.25) is 14.9 Å². The first-order valence-electron chi connectivity index (χ1n) is 3.65. The third-order valence-corrected chi connectivity index (χ3v) is 3.24. The van der Waals surface area contributed by atoms with Crippen LogP contribution in [0.15, 0.2) is 17.0 Å². The van der Waals surface area contributed by atoms with E-state index in [1.807, 2.05) is 0 Å². The number of carbonyl (C=O) groups is 1. The molecule has 0 atom stereocenters. The third kappa shape index (κ3) is 2.49. The van der Waals surface area contributed by atoms with Crippen molar-refractivity contribution in [2.45, 2.75) is 4.90 Å². The van der Waals surface area contributed by atoms with Crippen molar-refractivity contribution in [3.8, 4) is 0 Å². The summed E-state index contributed by atoms with van der Waals surface area (Å²) in [7, 11) is 0.751. The molecule has 0 saturated heterocycles. The van der Waals surface area contributed by atoms with Gasteiger partial charge in [0, 0.05) is 21.8 Å². The Morgan fingerprint density at radius 3 is 2.31 bits per heavy atom. The van der Waals surface area contributed by atoms with Crippen LogP contribution < -0.4 is 0 Å². The van der Waals surface area contributed by atoms with E-state index in [0.717, 1.165) is 12.1 Å². The quantitative estimate of drug-likeness (QED) is 0.366. The van der Waals surface area contributed by atoms with Gasteiger partial charge in [-0.1, -0.05) is 11.6 Å².